The Morgan fingerprint density at radius 3 is 0.863 bits per heavy atom. The lowest BCUT2D eigenvalue weighted by molar-refractivity contribution is -0.161. The standard InChI is InChI=1S/C83H132O17P2/c1-5-9-13-17-21-25-29-33-36-37-38-39-42-45-48-52-56-60-64-68-81(86)94-74-79(100-83(88)70-66-62-58-54-50-46-41-35-31-27-23-19-15-11-7-3)76-98-102(91,92)96-72-77(84)71-95-101(89,90)97-75-78(99-82(87)69-65-61-57-53-49-43-32-28-24-20-16-12-8-4)73-93-80(85)67-63-59-55-51-47-44-40-34-30-26-22-18-14-10-6-2/h9-11,13-16,20-23,25-28,32-36,38-41,45,48,50,54,56,60,77-79,84H,5-8,12,17-19,24,29-31,37,42-44,46-47,49,51-53,55,57-59,61-76H2,1-4H3,(H,89,90)(H,91,92)/b13-9-,14-10-,15-11-,20-16-,25-21-,26-22-,27-23-,32-28-,36-33-,39-38-,40-34-,41-35-,48-45-,54-50-,60-56-. The first-order valence-corrected chi connectivity index (χ1v) is 41.0. The highest BCUT2D eigenvalue weighted by molar-refractivity contribution is 7.47. The molecule has 19 heteroatoms. The average Bonchev–Trinajstić information content (AvgIpc) is 0.924. The fraction of sp³-hybridized carbons (Fsp3) is 0.590. The Labute approximate surface area is 615 Å². The molecule has 0 rings (SSSR count). The number of aliphatic hydroxyl groups excluding tert-OH is 1. The maximum absolute atomic E-state index is 13.1. The lowest BCUT2D eigenvalue weighted by atomic mass is 10.1. The van der Waals surface area contributed by atoms with Crippen LogP contribution in [0.5, 0.6) is 0 Å². The molecule has 0 fully saturated rings. The van der Waals surface area contributed by atoms with Gasteiger partial charge in [0.2, 0.25) is 0 Å². The van der Waals surface area contributed by atoms with Gasteiger partial charge in [0, 0.05) is 25.7 Å². The number of ether oxygens (including phenoxy) is 4. The molecule has 3 N–H and O–H groups in total. The van der Waals surface area contributed by atoms with Gasteiger partial charge in [0.15, 0.2) is 12.2 Å². The number of carbonyl (C=O) groups is 4. The summed E-state index contributed by atoms with van der Waals surface area (Å²) < 4.78 is 68.3. The molecule has 0 aliphatic rings. The van der Waals surface area contributed by atoms with Crippen LogP contribution < -0.4 is 0 Å². The van der Waals surface area contributed by atoms with E-state index >= 15 is 0 Å². The van der Waals surface area contributed by atoms with Gasteiger partial charge in [-0.3, -0.25) is 37.3 Å². The molecule has 0 aromatic heterocycles. The number of aliphatic hydroxyl groups is 1. The molecule has 0 aliphatic heterocycles. The zero-order valence-electron chi connectivity index (χ0n) is 62.7. The zero-order valence-corrected chi connectivity index (χ0v) is 64.5. The third-order valence-corrected chi connectivity index (χ3v) is 16.7. The highest BCUT2D eigenvalue weighted by atomic mass is 31.2. The van der Waals surface area contributed by atoms with E-state index in [2.05, 4.69) is 186 Å². The highest BCUT2D eigenvalue weighted by Crippen LogP contribution is 2.45. The Morgan fingerprint density at radius 1 is 0.284 bits per heavy atom. The van der Waals surface area contributed by atoms with Crippen molar-refractivity contribution < 1.29 is 80.2 Å². The summed E-state index contributed by atoms with van der Waals surface area (Å²) in [5, 5.41) is 10.6. The van der Waals surface area contributed by atoms with Gasteiger partial charge in [0.1, 0.15) is 19.3 Å². The Hall–Kier alpha value is -5.84. The molecular weight excluding hydrogens is 1330 g/mol. The van der Waals surface area contributed by atoms with Gasteiger partial charge in [-0.05, 0) is 161 Å². The number of phosphoric acid groups is 2. The minimum absolute atomic E-state index is 0.0189. The van der Waals surface area contributed by atoms with Crippen LogP contribution >= 0.6 is 15.6 Å². The van der Waals surface area contributed by atoms with Crippen LogP contribution in [0.25, 0.3) is 0 Å². The maximum Gasteiger partial charge on any atom is 0.472 e. The molecule has 17 nitrogen and oxygen atoms in total. The predicted molar refractivity (Wildman–Crippen MR) is 417 cm³/mol. The van der Waals surface area contributed by atoms with Crippen LogP contribution in [0.2, 0.25) is 0 Å². The largest absolute Gasteiger partial charge is 0.472 e. The third kappa shape index (κ3) is 72.5. The van der Waals surface area contributed by atoms with Gasteiger partial charge in [-0.2, -0.15) is 0 Å². The van der Waals surface area contributed by atoms with Gasteiger partial charge in [-0.15, -0.1) is 0 Å². The van der Waals surface area contributed by atoms with E-state index in [1.165, 1.54) is 0 Å². The summed E-state index contributed by atoms with van der Waals surface area (Å²) in [6, 6.07) is 0. The average molecular weight is 1460 g/mol. The summed E-state index contributed by atoms with van der Waals surface area (Å²) in [5.74, 6) is -2.38. The van der Waals surface area contributed by atoms with Crippen LogP contribution in [0.15, 0.2) is 182 Å². The second kappa shape index (κ2) is 73.5. The van der Waals surface area contributed by atoms with Crippen LogP contribution in [0.4, 0.5) is 0 Å². The molecular formula is C83H132O17P2. The SMILES string of the molecule is CC/C=C\C/C=C\C/C=C\C/C=C\C/C=C\C/C=C\CCC(=O)OCC(COP(=O)(O)OCC(O)COP(=O)(O)OCC(COC(=O)CCCCCCC/C=C\C/C=C\C/C=C\CC)OC(=O)CCCCCCC/C=C\C/C=C\CCC)OC(=O)CCCC/C=C\C/C=C\C/C=C\C/C=C\CC. The van der Waals surface area contributed by atoms with E-state index in [1.807, 2.05) is 24.3 Å². The number of allylic oxidation sites excluding steroid dienone is 30. The third-order valence-electron chi connectivity index (χ3n) is 14.8. The minimum atomic E-state index is -5.01. The minimum Gasteiger partial charge on any atom is -0.462 e. The quantitative estimate of drug-likeness (QED) is 0.0169. The van der Waals surface area contributed by atoms with Crippen molar-refractivity contribution >= 4 is 39.5 Å². The molecule has 102 heavy (non-hydrogen) atoms. The monoisotopic (exact) mass is 1460 g/mol. The molecule has 5 atom stereocenters. The number of hydrogen-bond acceptors (Lipinski definition) is 15. The first kappa shape index (κ1) is 96.2. The highest BCUT2D eigenvalue weighted by Gasteiger charge is 2.30. The van der Waals surface area contributed by atoms with Crippen LogP contribution in [-0.2, 0) is 65.4 Å². The second-order valence-corrected chi connectivity index (χ2v) is 27.3. The summed E-state index contributed by atoms with van der Waals surface area (Å²) in [7, 11) is -10.0. The van der Waals surface area contributed by atoms with Crippen LogP contribution in [-0.4, -0.2) is 96.7 Å². The first-order chi connectivity index (χ1) is 49.7. The molecule has 0 saturated carbocycles. The molecule has 0 spiro atoms. The number of hydrogen-bond donors (Lipinski definition) is 3. The van der Waals surface area contributed by atoms with Crippen molar-refractivity contribution in [3.05, 3.63) is 182 Å². The van der Waals surface area contributed by atoms with Crippen LogP contribution in [0.1, 0.15) is 259 Å². The first-order valence-electron chi connectivity index (χ1n) is 38.0. The molecule has 0 amide bonds. The van der Waals surface area contributed by atoms with E-state index in [-0.39, 0.29) is 25.7 Å². The molecule has 5 unspecified atom stereocenters. The summed E-state index contributed by atoms with van der Waals surface area (Å²) in [6.07, 6.45) is 87.6. The van der Waals surface area contributed by atoms with Crippen molar-refractivity contribution in [3.63, 3.8) is 0 Å². The number of phosphoric ester groups is 2. The smallest absolute Gasteiger partial charge is 0.462 e. The maximum atomic E-state index is 13.1. The fourth-order valence-corrected chi connectivity index (χ4v) is 10.7. The number of rotatable bonds is 69. The molecule has 0 aromatic carbocycles. The second-order valence-electron chi connectivity index (χ2n) is 24.4. The van der Waals surface area contributed by atoms with Gasteiger partial charge in [-0.1, -0.05) is 255 Å². The van der Waals surface area contributed by atoms with Crippen molar-refractivity contribution in [1.29, 1.82) is 0 Å². The van der Waals surface area contributed by atoms with Crippen LogP contribution in [0.3, 0.4) is 0 Å². The Kier molecular flexibility index (Phi) is 69.3. The van der Waals surface area contributed by atoms with E-state index in [1.54, 1.807) is 0 Å². The molecule has 0 saturated heterocycles. The molecule has 0 radical (unpaired) electrons. The molecule has 0 bridgehead atoms. The number of unbranched alkanes of at least 4 members (excludes halogenated alkanes) is 13. The van der Waals surface area contributed by atoms with Gasteiger partial charge in [0.25, 0.3) is 0 Å². The predicted octanol–water partition coefficient (Wildman–Crippen LogP) is 22.0. The Morgan fingerprint density at radius 2 is 0.529 bits per heavy atom. The van der Waals surface area contributed by atoms with Crippen molar-refractivity contribution in [2.24, 2.45) is 0 Å². The number of esters is 4. The molecule has 576 valence electrons. The molecule has 0 heterocycles. The van der Waals surface area contributed by atoms with Gasteiger partial charge >= 0.3 is 39.5 Å². The van der Waals surface area contributed by atoms with Gasteiger partial charge in [0.05, 0.1) is 26.4 Å². The molecule has 0 aliphatic carbocycles. The van der Waals surface area contributed by atoms with E-state index in [4.69, 9.17) is 37.0 Å². The topological polar surface area (TPSA) is 237 Å². The Balaban J connectivity index is 5.49. The summed E-state index contributed by atoms with van der Waals surface area (Å²) in [4.78, 5) is 72.8. The van der Waals surface area contributed by atoms with E-state index in [0.29, 0.717) is 38.5 Å². The van der Waals surface area contributed by atoms with E-state index in [0.717, 1.165) is 167 Å². The summed E-state index contributed by atoms with van der Waals surface area (Å²) in [6.45, 7) is 4.26. The summed E-state index contributed by atoms with van der Waals surface area (Å²) in [5.41, 5.74) is 0. The fourth-order valence-electron chi connectivity index (χ4n) is 9.17. The van der Waals surface area contributed by atoms with Gasteiger partial charge < -0.3 is 33.8 Å². The van der Waals surface area contributed by atoms with Crippen molar-refractivity contribution in [1.82, 2.24) is 0 Å². The van der Waals surface area contributed by atoms with E-state index < -0.39 is 97.5 Å². The normalized spacial score (nSPS) is 14.9. The Bertz CT molecular complexity index is 2650. The van der Waals surface area contributed by atoms with Crippen molar-refractivity contribution in [2.45, 2.75) is 277 Å². The number of carbonyl (C=O) groups excluding carboxylic acids is 4. The lowest BCUT2D eigenvalue weighted by Crippen LogP contribution is -2.30. The van der Waals surface area contributed by atoms with Gasteiger partial charge in [-0.25, -0.2) is 9.13 Å². The van der Waals surface area contributed by atoms with Crippen molar-refractivity contribution in [3.8, 4) is 0 Å². The zero-order chi connectivity index (χ0) is 74.6. The van der Waals surface area contributed by atoms with E-state index in [9.17, 15) is 43.2 Å². The summed E-state index contributed by atoms with van der Waals surface area (Å²) >= 11 is 0. The van der Waals surface area contributed by atoms with Crippen LogP contribution in [0, 0.1) is 0 Å². The molecule has 0 aromatic rings. The van der Waals surface area contributed by atoms with Crippen molar-refractivity contribution in [2.75, 3.05) is 39.6 Å². The lowest BCUT2D eigenvalue weighted by Gasteiger charge is -2.21.